The first-order valence-electron chi connectivity index (χ1n) is 10.4. The molecule has 3 aromatic rings. The molecule has 0 spiro atoms. The summed E-state index contributed by atoms with van der Waals surface area (Å²) in [5.74, 6) is 0. The Morgan fingerprint density at radius 3 is 2.06 bits per heavy atom. The quantitative estimate of drug-likeness (QED) is 0.425. The van der Waals surface area contributed by atoms with Crippen LogP contribution in [0.25, 0.3) is 0 Å². The Bertz CT molecular complexity index is 1110. The number of aliphatic hydroxyl groups is 1. The van der Waals surface area contributed by atoms with Crippen LogP contribution >= 0.6 is 0 Å². The second-order valence-corrected chi connectivity index (χ2v) is 11.8. The Balaban J connectivity index is 2.21. The van der Waals surface area contributed by atoms with Crippen LogP contribution < -0.4 is 4.46 Å². The van der Waals surface area contributed by atoms with Crippen molar-refractivity contribution in [3.8, 4) is 0 Å². The molecule has 0 bridgehead atoms. The summed E-state index contributed by atoms with van der Waals surface area (Å²) in [7, 11) is -3.87. The number of hydrogen-bond acceptors (Lipinski definition) is 3. The predicted octanol–water partition coefficient (Wildman–Crippen LogP) is 4.93. The van der Waals surface area contributed by atoms with Crippen molar-refractivity contribution in [1.82, 2.24) is 0 Å². The molecule has 3 aromatic carbocycles. The number of aryl methyl sites for hydroxylation is 1. The van der Waals surface area contributed by atoms with E-state index in [4.69, 9.17) is 0 Å². The molecular weight excluding hydrogens is 471 g/mol. The van der Waals surface area contributed by atoms with Gasteiger partial charge in [-0.05, 0) is 0 Å². The summed E-state index contributed by atoms with van der Waals surface area (Å²) in [6, 6.07) is 25.9. The van der Waals surface area contributed by atoms with E-state index in [1.54, 1.807) is 36.4 Å². The van der Waals surface area contributed by atoms with Gasteiger partial charge in [-0.25, -0.2) is 0 Å². The standard InChI is InChI=1S/C26H28O3SSe/c1-3-4-15-24(31-23-13-9-6-10-14-23)26(25(27)21-11-7-5-8-12-21)30(28,29)22-18-16-20(2)17-19-22/h5-14,16-19,25,27H,3-4,15H2,1-2H3/b26-24-. The van der Waals surface area contributed by atoms with Gasteiger partial charge in [0.05, 0.1) is 0 Å². The van der Waals surface area contributed by atoms with Crippen molar-refractivity contribution < 1.29 is 13.5 Å². The van der Waals surface area contributed by atoms with Gasteiger partial charge in [-0.2, -0.15) is 0 Å². The van der Waals surface area contributed by atoms with Gasteiger partial charge in [0.2, 0.25) is 0 Å². The first kappa shape index (κ1) is 23.5. The van der Waals surface area contributed by atoms with E-state index < -0.39 is 15.9 Å². The molecule has 162 valence electrons. The Labute approximate surface area is 191 Å². The minimum atomic E-state index is -3.87. The van der Waals surface area contributed by atoms with E-state index in [1.807, 2.05) is 55.5 Å². The summed E-state index contributed by atoms with van der Waals surface area (Å²) in [5, 5.41) is 11.4. The van der Waals surface area contributed by atoms with Gasteiger partial charge in [-0.1, -0.05) is 0 Å². The van der Waals surface area contributed by atoms with Crippen molar-refractivity contribution in [2.75, 3.05) is 0 Å². The summed E-state index contributed by atoms with van der Waals surface area (Å²) >= 11 is -0.209. The third kappa shape index (κ3) is 5.96. The fourth-order valence-corrected chi connectivity index (χ4v) is 7.93. The van der Waals surface area contributed by atoms with Crippen molar-refractivity contribution in [2.24, 2.45) is 0 Å². The molecule has 0 aliphatic heterocycles. The van der Waals surface area contributed by atoms with E-state index in [0.29, 0.717) is 12.0 Å². The van der Waals surface area contributed by atoms with Crippen LogP contribution in [-0.4, -0.2) is 28.5 Å². The number of unbranched alkanes of at least 4 members (excludes halogenated alkanes) is 1. The Hall–Kier alpha value is -2.17. The number of benzene rings is 3. The molecule has 1 N–H and O–H groups in total. The van der Waals surface area contributed by atoms with E-state index in [-0.39, 0.29) is 24.8 Å². The average Bonchev–Trinajstić information content (AvgIpc) is 2.79. The van der Waals surface area contributed by atoms with Crippen LogP contribution in [0.2, 0.25) is 0 Å². The monoisotopic (exact) mass is 500 g/mol. The van der Waals surface area contributed by atoms with Crippen molar-refractivity contribution in [1.29, 1.82) is 0 Å². The summed E-state index contributed by atoms with van der Waals surface area (Å²) in [4.78, 5) is 0.362. The maximum absolute atomic E-state index is 13.8. The third-order valence-corrected chi connectivity index (χ3v) is 9.71. The molecule has 0 saturated carbocycles. The molecule has 31 heavy (non-hydrogen) atoms. The fraction of sp³-hybridized carbons (Fsp3) is 0.231. The predicted molar refractivity (Wildman–Crippen MR) is 128 cm³/mol. The molecule has 0 radical (unpaired) electrons. The van der Waals surface area contributed by atoms with Crippen molar-refractivity contribution in [3.63, 3.8) is 0 Å². The maximum atomic E-state index is 13.8. The summed E-state index contributed by atoms with van der Waals surface area (Å²) in [5.41, 5.74) is 1.58. The Morgan fingerprint density at radius 1 is 0.903 bits per heavy atom. The molecule has 0 amide bonds. The number of allylic oxidation sites excluding steroid dienone is 1. The van der Waals surface area contributed by atoms with Crippen molar-refractivity contribution in [2.45, 2.75) is 44.1 Å². The molecule has 5 heteroatoms. The molecule has 1 atom stereocenters. The molecule has 0 heterocycles. The second kappa shape index (κ2) is 10.9. The van der Waals surface area contributed by atoms with Gasteiger partial charge in [-0.3, -0.25) is 0 Å². The van der Waals surface area contributed by atoms with Crippen LogP contribution in [0.4, 0.5) is 0 Å². The number of aliphatic hydroxyl groups excluding tert-OH is 1. The van der Waals surface area contributed by atoms with Gasteiger partial charge < -0.3 is 0 Å². The molecule has 0 saturated heterocycles. The normalized spacial score (nSPS) is 13.5. The average molecular weight is 500 g/mol. The molecule has 0 aromatic heterocycles. The Kier molecular flexibility index (Phi) is 8.28. The number of hydrogen-bond donors (Lipinski definition) is 1. The molecule has 1 unspecified atom stereocenters. The molecule has 0 aliphatic carbocycles. The zero-order valence-corrected chi connectivity index (χ0v) is 20.4. The van der Waals surface area contributed by atoms with E-state index in [1.165, 1.54) is 0 Å². The van der Waals surface area contributed by atoms with Crippen LogP contribution in [0.3, 0.4) is 0 Å². The number of rotatable bonds is 9. The minimum absolute atomic E-state index is 0.139. The zero-order chi connectivity index (χ0) is 22.3. The van der Waals surface area contributed by atoms with E-state index in [0.717, 1.165) is 27.3 Å². The molecule has 3 rings (SSSR count). The van der Waals surface area contributed by atoms with Gasteiger partial charge in [0.25, 0.3) is 0 Å². The summed E-state index contributed by atoms with van der Waals surface area (Å²) in [6.45, 7) is 4.02. The summed E-state index contributed by atoms with van der Waals surface area (Å²) < 4.78 is 29.6. The molecule has 0 fully saturated rings. The van der Waals surface area contributed by atoms with Crippen LogP contribution in [0, 0.1) is 6.92 Å². The number of sulfone groups is 1. The van der Waals surface area contributed by atoms with Crippen LogP contribution in [0.5, 0.6) is 0 Å². The van der Waals surface area contributed by atoms with Gasteiger partial charge >= 0.3 is 192 Å². The van der Waals surface area contributed by atoms with Gasteiger partial charge in [0.1, 0.15) is 0 Å². The fourth-order valence-electron chi connectivity index (χ4n) is 3.27. The second-order valence-electron chi connectivity index (χ2n) is 7.44. The van der Waals surface area contributed by atoms with Crippen molar-refractivity contribution >= 4 is 29.3 Å². The van der Waals surface area contributed by atoms with Gasteiger partial charge in [0.15, 0.2) is 0 Å². The van der Waals surface area contributed by atoms with E-state index >= 15 is 0 Å². The molecule has 0 aliphatic rings. The first-order chi connectivity index (χ1) is 14.9. The summed E-state index contributed by atoms with van der Waals surface area (Å²) in [6.07, 6.45) is 1.27. The van der Waals surface area contributed by atoms with Crippen LogP contribution in [0.1, 0.15) is 43.4 Å². The molecule has 3 nitrogen and oxygen atoms in total. The van der Waals surface area contributed by atoms with Crippen LogP contribution in [-0.2, 0) is 9.84 Å². The molecular formula is C26H28O3SSe. The van der Waals surface area contributed by atoms with Gasteiger partial charge in [0, 0.05) is 0 Å². The third-order valence-electron chi connectivity index (χ3n) is 5.00. The van der Waals surface area contributed by atoms with E-state index in [2.05, 4.69) is 6.92 Å². The zero-order valence-electron chi connectivity index (χ0n) is 17.9. The topological polar surface area (TPSA) is 54.4 Å². The first-order valence-corrected chi connectivity index (χ1v) is 13.6. The SMILES string of the molecule is CCCC/C([Se]c1ccccc1)=C(\C(O)c1ccccc1)S(=O)(=O)c1ccc(C)cc1. The van der Waals surface area contributed by atoms with E-state index in [9.17, 15) is 13.5 Å². The van der Waals surface area contributed by atoms with Gasteiger partial charge in [-0.15, -0.1) is 0 Å². The van der Waals surface area contributed by atoms with Crippen LogP contribution in [0.15, 0.2) is 99.2 Å². The van der Waals surface area contributed by atoms with Crippen molar-refractivity contribution in [3.05, 3.63) is 105 Å². The Morgan fingerprint density at radius 2 is 1.48 bits per heavy atom.